The molecule has 1 fully saturated rings. The molecule has 186 valence electrons. The van der Waals surface area contributed by atoms with Crippen LogP contribution >= 0.6 is 0 Å². The molecule has 2 aliphatic rings. The smallest absolute Gasteiger partial charge is 0.302 e. The molecule has 1 heterocycles. The number of phenolic OH excluding ortho intramolecular Hbond substituents is 2. The Bertz CT molecular complexity index is 913. The Hall–Kier alpha value is -2.53. The third-order valence-corrected chi connectivity index (χ3v) is 7.31. The van der Waals surface area contributed by atoms with Gasteiger partial charge in [0.15, 0.2) is 0 Å². The van der Waals surface area contributed by atoms with Gasteiger partial charge in [-0.3, -0.25) is 4.79 Å². The van der Waals surface area contributed by atoms with Gasteiger partial charge in [-0.25, -0.2) is 0 Å². The lowest BCUT2D eigenvalue weighted by Gasteiger charge is -2.36. The topological polar surface area (TPSA) is 76.0 Å². The van der Waals surface area contributed by atoms with Gasteiger partial charge in [-0.2, -0.15) is 0 Å². The van der Waals surface area contributed by atoms with Gasteiger partial charge in [-0.15, -0.1) is 0 Å². The van der Waals surface area contributed by atoms with E-state index in [4.69, 9.17) is 9.47 Å². The van der Waals surface area contributed by atoms with Crippen LogP contribution in [0.2, 0.25) is 0 Å². The quantitative estimate of drug-likeness (QED) is 0.247. The number of carbonyl (C=O) groups is 1. The highest BCUT2D eigenvalue weighted by atomic mass is 16.5. The average molecular weight is 469 g/mol. The lowest BCUT2D eigenvalue weighted by atomic mass is 9.71. The Kier molecular flexibility index (Phi) is 9.01. The molecule has 5 nitrogen and oxygen atoms in total. The molecule has 3 rings (SSSR count). The summed E-state index contributed by atoms with van der Waals surface area (Å²) in [5.74, 6) is -0.248. The molecular formula is C29H40O5. The summed E-state index contributed by atoms with van der Waals surface area (Å²) in [6, 6.07) is 3.66. The first-order valence-corrected chi connectivity index (χ1v) is 12.6. The Balaban J connectivity index is 1.99. The van der Waals surface area contributed by atoms with E-state index in [-0.39, 0.29) is 41.3 Å². The molecule has 0 spiro atoms. The van der Waals surface area contributed by atoms with E-state index in [0.717, 1.165) is 61.7 Å². The van der Waals surface area contributed by atoms with E-state index in [9.17, 15) is 15.0 Å². The van der Waals surface area contributed by atoms with Crippen molar-refractivity contribution in [3.8, 4) is 11.5 Å². The number of carbonyl (C=O) groups excluding carboxylic acids is 1. The molecule has 0 radical (unpaired) electrons. The van der Waals surface area contributed by atoms with Gasteiger partial charge >= 0.3 is 5.97 Å². The molecule has 34 heavy (non-hydrogen) atoms. The molecule has 0 saturated carbocycles. The van der Waals surface area contributed by atoms with Crippen LogP contribution in [0, 0.1) is 5.92 Å². The molecule has 1 aromatic rings. The highest BCUT2D eigenvalue weighted by Crippen LogP contribution is 2.49. The van der Waals surface area contributed by atoms with Gasteiger partial charge in [0.05, 0.1) is 0 Å². The number of rotatable bonds is 9. The fourth-order valence-electron chi connectivity index (χ4n) is 5.30. The fraction of sp³-hybridized carbons (Fsp3) is 0.552. The van der Waals surface area contributed by atoms with Crippen LogP contribution in [0.3, 0.4) is 0 Å². The number of phenols is 2. The lowest BCUT2D eigenvalue weighted by Crippen LogP contribution is -2.32. The Morgan fingerprint density at radius 1 is 1.24 bits per heavy atom. The summed E-state index contributed by atoms with van der Waals surface area (Å²) in [7, 11) is 0. The molecule has 0 amide bonds. The minimum absolute atomic E-state index is 0.0923. The maximum Gasteiger partial charge on any atom is 0.302 e. The summed E-state index contributed by atoms with van der Waals surface area (Å²) in [5, 5.41) is 22.4. The van der Waals surface area contributed by atoms with Crippen LogP contribution in [0.15, 0.2) is 48.1 Å². The summed E-state index contributed by atoms with van der Waals surface area (Å²) < 4.78 is 10.8. The lowest BCUT2D eigenvalue weighted by molar-refractivity contribution is -0.140. The van der Waals surface area contributed by atoms with Gasteiger partial charge in [-0.1, -0.05) is 50.1 Å². The van der Waals surface area contributed by atoms with Crippen LogP contribution in [0.1, 0.15) is 82.8 Å². The van der Waals surface area contributed by atoms with Gasteiger partial charge in [0, 0.05) is 37.0 Å². The molecule has 5 heteroatoms. The molecule has 1 saturated heterocycles. The van der Waals surface area contributed by atoms with Crippen LogP contribution in [0.25, 0.3) is 0 Å². The number of allylic oxidation sites excluding steroid dienone is 4. The highest BCUT2D eigenvalue weighted by Gasteiger charge is 2.36. The van der Waals surface area contributed by atoms with Gasteiger partial charge in [0.25, 0.3) is 0 Å². The second-order valence-corrected chi connectivity index (χ2v) is 9.86. The van der Waals surface area contributed by atoms with E-state index in [1.807, 2.05) is 25.1 Å². The second-order valence-electron chi connectivity index (χ2n) is 9.86. The predicted molar refractivity (Wildman–Crippen MR) is 135 cm³/mol. The van der Waals surface area contributed by atoms with E-state index in [1.165, 1.54) is 6.92 Å². The number of hydrogen-bond donors (Lipinski definition) is 2. The van der Waals surface area contributed by atoms with Gasteiger partial charge in [-0.05, 0) is 68.2 Å². The van der Waals surface area contributed by atoms with Crippen molar-refractivity contribution in [3.05, 3.63) is 59.2 Å². The number of ether oxygens (including phenoxy) is 2. The standard InChI is InChI=1S/C29H40O5/c1-5-6-7-8-11-29(12-14-33-15-13-29)23-17-26(31)28(27(32)18-23)25-16-22(19-34-21(4)30)9-10-24(25)20(2)3/h8,11,16-18,24-25,31-32H,2,5-7,9-10,12-15,19H2,1,3-4H3/t24-,25+/m1/s1. The van der Waals surface area contributed by atoms with Gasteiger partial charge < -0.3 is 19.7 Å². The maximum atomic E-state index is 11.3. The minimum atomic E-state index is -0.316. The average Bonchev–Trinajstić information content (AvgIpc) is 2.80. The van der Waals surface area contributed by atoms with E-state index in [1.54, 1.807) is 0 Å². The number of esters is 1. The van der Waals surface area contributed by atoms with E-state index in [0.29, 0.717) is 18.8 Å². The zero-order chi connectivity index (χ0) is 24.7. The second kappa shape index (κ2) is 11.7. The summed E-state index contributed by atoms with van der Waals surface area (Å²) in [5.41, 5.74) is 3.20. The Morgan fingerprint density at radius 2 is 1.91 bits per heavy atom. The molecule has 1 aromatic carbocycles. The molecule has 0 aromatic heterocycles. The number of unbranched alkanes of at least 4 members (excludes halogenated alkanes) is 2. The normalized spacial score (nSPS) is 22.4. The Morgan fingerprint density at radius 3 is 2.50 bits per heavy atom. The van der Waals surface area contributed by atoms with Crippen molar-refractivity contribution in [3.63, 3.8) is 0 Å². The zero-order valence-corrected chi connectivity index (χ0v) is 20.9. The van der Waals surface area contributed by atoms with Crippen molar-refractivity contribution in [2.45, 2.75) is 77.0 Å². The summed E-state index contributed by atoms with van der Waals surface area (Å²) >= 11 is 0. The minimum Gasteiger partial charge on any atom is -0.507 e. The summed E-state index contributed by atoms with van der Waals surface area (Å²) in [6.45, 7) is 11.3. The third-order valence-electron chi connectivity index (χ3n) is 7.31. The van der Waals surface area contributed by atoms with E-state index in [2.05, 4.69) is 25.7 Å². The van der Waals surface area contributed by atoms with Gasteiger partial charge in [0.1, 0.15) is 18.1 Å². The van der Waals surface area contributed by atoms with Crippen molar-refractivity contribution in [1.29, 1.82) is 0 Å². The van der Waals surface area contributed by atoms with Crippen molar-refractivity contribution >= 4 is 5.97 Å². The van der Waals surface area contributed by atoms with E-state index < -0.39 is 0 Å². The summed E-state index contributed by atoms with van der Waals surface area (Å²) in [6.07, 6.45) is 13.1. The first kappa shape index (κ1) is 26.1. The largest absolute Gasteiger partial charge is 0.507 e. The molecular weight excluding hydrogens is 428 g/mol. The maximum absolute atomic E-state index is 11.3. The zero-order valence-electron chi connectivity index (χ0n) is 20.9. The first-order chi connectivity index (χ1) is 16.3. The third kappa shape index (κ3) is 6.12. The molecule has 2 N–H and O–H groups in total. The van der Waals surface area contributed by atoms with Gasteiger partial charge in [0.2, 0.25) is 0 Å². The van der Waals surface area contributed by atoms with Crippen molar-refractivity contribution < 1.29 is 24.5 Å². The number of hydrogen-bond acceptors (Lipinski definition) is 5. The van der Waals surface area contributed by atoms with Crippen LogP contribution in [-0.2, 0) is 19.7 Å². The molecule has 0 bridgehead atoms. The molecule has 1 aliphatic heterocycles. The fourth-order valence-corrected chi connectivity index (χ4v) is 5.30. The van der Waals surface area contributed by atoms with Crippen molar-refractivity contribution in [2.24, 2.45) is 5.92 Å². The van der Waals surface area contributed by atoms with Crippen LogP contribution < -0.4 is 0 Å². The van der Waals surface area contributed by atoms with Crippen LogP contribution in [0.4, 0.5) is 0 Å². The highest BCUT2D eigenvalue weighted by molar-refractivity contribution is 5.66. The van der Waals surface area contributed by atoms with Crippen LogP contribution in [0.5, 0.6) is 11.5 Å². The monoisotopic (exact) mass is 468 g/mol. The van der Waals surface area contributed by atoms with Crippen LogP contribution in [-0.4, -0.2) is 36.0 Å². The number of aromatic hydroxyl groups is 2. The predicted octanol–water partition coefficient (Wildman–Crippen LogP) is 6.45. The molecule has 2 atom stereocenters. The molecule has 0 unspecified atom stereocenters. The van der Waals surface area contributed by atoms with Crippen molar-refractivity contribution in [1.82, 2.24) is 0 Å². The molecule has 1 aliphatic carbocycles. The SMILES string of the molecule is C=C(C)[C@H]1CCC(COC(C)=O)=C[C@@H]1c1c(O)cc(C2(C=CCCCC)CCOCC2)cc1O. The first-order valence-electron chi connectivity index (χ1n) is 12.6. The number of benzene rings is 1. The summed E-state index contributed by atoms with van der Waals surface area (Å²) in [4.78, 5) is 11.3. The Labute approximate surface area is 204 Å². The van der Waals surface area contributed by atoms with Crippen molar-refractivity contribution in [2.75, 3.05) is 19.8 Å². The van der Waals surface area contributed by atoms with E-state index >= 15 is 0 Å².